The number of Topliss-reactive ketones (excluding diaryl/α,β-unsaturated/α-hetero) is 1. The van der Waals surface area contributed by atoms with E-state index in [1.54, 1.807) is 0 Å². The minimum atomic E-state index is -4.61. The Hall–Kier alpha value is -2.75. The monoisotopic (exact) mass is 334 g/mol. The summed E-state index contributed by atoms with van der Waals surface area (Å²) in [6, 6.07) is 6.73. The molecule has 7 heteroatoms. The fourth-order valence-electron chi connectivity index (χ4n) is 3.17. The summed E-state index contributed by atoms with van der Waals surface area (Å²) < 4.78 is 45.5. The van der Waals surface area contributed by atoms with Gasteiger partial charge in [-0.25, -0.2) is 0 Å². The van der Waals surface area contributed by atoms with Crippen LogP contribution in [0, 0.1) is 11.3 Å². The molecule has 1 unspecified atom stereocenters. The molecule has 0 radical (unpaired) electrons. The molecule has 2 aliphatic rings. The van der Waals surface area contributed by atoms with Crippen LogP contribution in [0.3, 0.4) is 0 Å². The van der Waals surface area contributed by atoms with Gasteiger partial charge in [-0.15, -0.1) is 0 Å². The van der Waals surface area contributed by atoms with Crippen LogP contribution in [-0.4, -0.2) is 5.78 Å². The number of carbonyl (C=O) groups is 1. The van der Waals surface area contributed by atoms with Crippen molar-refractivity contribution < 1.29 is 22.7 Å². The zero-order valence-electron chi connectivity index (χ0n) is 12.5. The van der Waals surface area contributed by atoms with E-state index in [0.29, 0.717) is 12.8 Å². The van der Waals surface area contributed by atoms with Gasteiger partial charge in [-0.1, -0.05) is 18.2 Å². The molecule has 0 saturated carbocycles. The van der Waals surface area contributed by atoms with Gasteiger partial charge in [0.2, 0.25) is 5.88 Å². The van der Waals surface area contributed by atoms with Gasteiger partial charge in [-0.2, -0.15) is 18.4 Å². The van der Waals surface area contributed by atoms with Crippen molar-refractivity contribution in [2.24, 2.45) is 5.73 Å². The molecule has 3 rings (SSSR count). The fourth-order valence-corrected chi connectivity index (χ4v) is 3.17. The molecular formula is C17H13F3N2O2. The van der Waals surface area contributed by atoms with Crippen molar-refractivity contribution in [3.05, 3.63) is 58.2 Å². The summed E-state index contributed by atoms with van der Waals surface area (Å²) in [4.78, 5) is 12.3. The smallest absolute Gasteiger partial charge is 0.416 e. The highest BCUT2D eigenvalue weighted by molar-refractivity contribution is 5.99. The van der Waals surface area contributed by atoms with E-state index in [2.05, 4.69) is 0 Å². The number of benzene rings is 1. The molecular weight excluding hydrogens is 321 g/mol. The van der Waals surface area contributed by atoms with Gasteiger partial charge >= 0.3 is 6.18 Å². The first kappa shape index (κ1) is 16.1. The first-order chi connectivity index (χ1) is 11.3. The first-order valence-electron chi connectivity index (χ1n) is 7.34. The lowest BCUT2D eigenvalue weighted by atomic mass is 9.76. The Balaban J connectivity index is 2.27. The number of hydrogen-bond acceptors (Lipinski definition) is 4. The van der Waals surface area contributed by atoms with Gasteiger partial charge in [0.1, 0.15) is 17.4 Å². The number of ether oxygens (including phenoxy) is 1. The molecule has 1 atom stereocenters. The summed E-state index contributed by atoms with van der Waals surface area (Å²) in [6.45, 7) is 0. The summed E-state index contributed by atoms with van der Waals surface area (Å²) in [5.41, 5.74) is 4.64. The number of ketones is 1. The number of nitrogens with two attached hydrogens (primary N) is 1. The highest BCUT2D eigenvalue weighted by Crippen LogP contribution is 2.46. The molecule has 2 N–H and O–H groups in total. The van der Waals surface area contributed by atoms with Gasteiger partial charge in [-0.05, 0) is 18.1 Å². The predicted octanol–water partition coefficient (Wildman–Crippen LogP) is 3.52. The molecule has 24 heavy (non-hydrogen) atoms. The lowest BCUT2D eigenvalue weighted by Gasteiger charge is -2.32. The van der Waals surface area contributed by atoms with Crippen LogP contribution in [0.4, 0.5) is 13.2 Å². The highest BCUT2D eigenvalue weighted by atomic mass is 19.4. The lowest BCUT2D eigenvalue weighted by Crippen LogP contribution is -2.28. The molecule has 1 aliphatic carbocycles. The summed E-state index contributed by atoms with van der Waals surface area (Å²) in [6.07, 6.45) is -3.44. The second-order valence-electron chi connectivity index (χ2n) is 5.62. The van der Waals surface area contributed by atoms with Crippen LogP contribution in [0.1, 0.15) is 36.3 Å². The standard InChI is InChI=1S/C17H13F3N2O2/c18-17(19,20)11-5-2-1-4-9(11)14-10(8-21)16(22)24-13-7-3-6-12(23)15(13)14/h1-2,4-5,14H,3,6-7,22H2. The zero-order chi connectivity index (χ0) is 17.5. The number of rotatable bonds is 1. The third-order valence-corrected chi connectivity index (χ3v) is 4.18. The van der Waals surface area contributed by atoms with Crippen molar-refractivity contribution in [1.82, 2.24) is 0 Å². The van der Waals surface area contributed by atoms with Crippen molar-refractivity contribution in [3.63, 3.8) is 0 Å². The van der Waals surface area contributed by atoms with Crippen molar-refractivity contribution in [3.8, 4) is 6.07 Å². The van der Waals surface area contributed by atoms with Crippen LogP contribution in [-0.2, 0) is 15.7 Å². The Morgan fingerprint density at radius 3 is 2.62 bits per heavy atom. The molecule has 1 aromatic carbocycles. The maximum absolute atomic E-state index is 13.4. The minimum Gasteiger partial charge on any atom is -0.444 e. The topological polar surface area (TPSA) is 76.1 Å². The largest absolute Gasteiger partial charge is 0.444 e. The lowest BCUT2D eigenvalue weighted by molar-refractivity contribution is -0.138. The number of hydrogen-bond donors (Lipinski definition) is 1. The maximum Gasteiger partial charge on any atom is 0.416 e. The van der Waals surface area contributed by atoms with Crippen molar-refractivity contribution in [2.45, 2.75) is 31.4 Å². The summed E-state index contributed by atoms with van der Waals surface area (Å²) in [5, 5.41) is 9.38. The molecule has 0 aromatic heterocycles. The quantitative estimate of drug-likeness (QED) is 0.852. The minimum absolute atomic E-state index is 0.115. The molecule has 0 bridgehead atoms. The van der Waals surface area contributed by atoms with E-state index in [0.717, 1.165) is 6.07 Å². The van der Waals surface area contributed by atoms with E-state index >= 15 is 0 Å². The first-order valence-corrected chi connectivity index (χ1v) is 7.34. The van der Waals surface area contributed by atoms with Gasteiger partial charge in [0, 0.05) is 18.4 Å². The Bertz CT molecular complexity index is 816. The number of alkyl halides is 3. The normalized spacial score (nSPS) is 21.2. The molecule has 0 saturated heterocycles. The van der Waals surface area contributed by atoms with Gasteiger partial charge < -0.3 is 10.5 Å². The maximum atomic E-state index is 13.4. The highest BCUT2D eigenvalue weighted by Gasteiger charge is 2.42. The Kier molecular flexibility index (Phi) is 3.84. The second-order valence-corrected chi connectivity index (χ2v) is 5.62. The molecule has 0 spiro atoms. The third-order valence-electron chi connectivity index (χ3n) is 4.18. The Morgan fingerprint density at radius 2 is 1.96 bits per heavy atom. The molecule has 4 nitrogen and oxygen atoms in total. The molecule has 1 aromatic rings. The summed E-state index contributed by atoms with van der Waals surface area (Å²) in [5.74, 6) is -1.43. The average molecular weight is 334 g/mol. The molecule has 124 valence electrons. The van der Waals surface area contributed by atoms with E-state index < -0.39 is 17.7 Å². The number of carbonyl (C=O) groups excluding carboxylic acids is 1. The SMILES string of the molecule is N#CC1=C(N)OC2=C(C(=O)CCC2)C1c1ccccc1C(F)(F)F. The van der Waals surface area contributed by atoms with Gasteiger partial charge in [-0.3, -0.25) is 4.79 Å². The Labute approximate surface area is 136 Å². The number of nitrogens with zero attached hydrogens (tertiary/aromatic N) is 1. The van der Waals surface area contributed by atoms with Crippen molar-refractivity contribution in [2.75, 3.05) is 0 Å². The number of nitriles is 1. The van der Waals surface area contributed by atoms with Crippen LogP contribution < -0.4 is 5.73 Å². The van der Waals surface area contributed by atoms with Crippen molar-refractivity contribution >= 4 is 5.78 Å². The second kappa shape index (κ2) is 5.71. The Morgan fingerprint density at radius 1 is 1.25 bits per heavy atom. The van der Waals surface area contributed by atoms with Gasteiger partial charge in [0.05, 0.1) is 11.5 Å². The molecule has 1 aliphatic heterocycles. The van der Waals surface area contributed by atoms with Crippen LogP contribution in [0.5, 0.6) is 0 Å². The molecule has 0 amide bonds. The van der Waals surface area contributed by atoms with Gasteiger partial charge in [0.15, 0.2) is 5.78 Å². The zero-order valence-corrected chi connectivity index (χ0v) is 12.5. The van der Waals surface area contributed by atoms with Crippen molar-refractivity contribution in [1.29, 1.82) is 5.26 Å². The molecule has 1 heterocycles. The average Bonchev–Trinajstić information content (AvgIpc) is 2.53. The van der Waals surface area contributed by atoms with E-state index in [-0.39, 0.29) is 40.6 Å². The van der Waals surface area contributed by atoms with Gasteiger partial charge in [0.25, 0.3) is 0 Å². The van der Waals surface area contributed by atoms with E-state index in [1.165, 1.54) is 18.2 Å². The van der Waals surface area contributed by atoms with Crippen LogP contribution in [0.15, 0.2) is 47.1 Å². The fraction of sp³-hybridized carbons (Fsp3) is 0.294. The van der Waals surface area contributed by atoms with E-state index in [4.69, 9.17) is 10.5 Å². The van der Waals surface area contributed by atoms with Crippen LogP contribution in [0.25, 0.3) is 0 Å². The third kappa shape index (κ3) is 2.54. The molecule has 0 fully saturated rings. The number of allylic oxidation sites excluding steroid dienone is 3. The van der Waals surface area contributed by atoms with E-state index in [9.17, 15) is 23.2 Å². The van der Waals surface area contributed by atoms with Crippen LogP contribution >= 0.6 is 0 Å². The van der Waals surface area contributed by atoms with Crippen LogP contribution in [0.2, 0.25) is 0 Å². The van der Waals surface area contributed by atoms with E-state index in [1.807, 2.05) is 6.07 Å². The summed E-state index contributed by atoms with van der Waals surface area (Å²) in [7, 11) is 0. The number of halogens is 3. The predicted molar refractivity (Wildman–Crippen MR) is 78.0 cm³/mol. The summed E-state index contributed by atoms with van der Waals surface area (Å²) >= 11 is 0.